The van der Waals surface area contributed by atoms with E-state index < -0.39 is 6.10 Å². The highest BCUT2D eigenvalue weighted by Gasteiger charge is 2.20. The molecule has 3 rings (SSSR count). The summed E-state index contributed by atoms with van der Waals surface area (Å²) in [7, 11) is 4.73. The molecule has 1 fully saturated rings. The minimum Gasteiger partial charge on any atom is -0.493 e. The third-order valence-electron chi connectivity index (χ3n) is 5.32. The van der Waals surface area contributed by atoms with Gasteiger partial charge in [-0.15, -0.1) is 0 Å². The second kappa shape index (κ2) is 11.4. The van der Waals surface area contributed by atoms with Gasteiger partial charge in [0.05, 0.1) is 40.6 Å². The van der Waals surface area contributed by atoms with Crippen LogP contribution in [-0.2, 0) is 11.3 Å². The highest BCUT2D eigenvalue weighted by Crippen LogP contribution is 2.38. The van der Waals surface area contributed by atoms with E-state index in [2.05, 4.69) is 15.9 Å². The number of nitrogens with zero attached hydrogens (tertiary/aromatic N) is 2. The predicted octanol–water partition coefficient (Wildman–Crippen LogP) is 3.07. The van der Waals surface area contributed by atoms with Crippen molar-refractivity contribution >= 4 is 17.3 Å². The molecule has 8 heteroatoms. The van der Waals surface area contributed by atoms with Crippen molar-refractivity contribution < 1.29 is 24.1 Å². The number of aliphatic hydroxyl groups is 1. The van der Waals surface area contributed by atoms with Gasteiger partial charge >= 0.3 is 0 Å². The van der Waals surface area contributed by atoms with Crippen LogP contribution in [0.15, 0.2) is 36.4 Å². The Morgan fingerprint density at radius 2 is 1.65 bits per heavy atom. The van der Waals surface area contributed by atoms with Gasteiger partial charge in [0.25, 0.3) is 0 Å². The molecule has 1 aliphatic rings. The van der Waals surface area contributed by atoms with Crippen LogP contribution in [0.25, 0.3) is 0 Å². The number of methoxy groups -OCH3 is 3. The van der Waals surface area contributed by atoms with Crippen molar-refractivity contribution in [1.29, 1.82) is 0 Å². The molecule has 0 aliphatic carbocycles. The van der Waals surface area contributed by atoms with Gasteiger partial charge in [-0.1, -0.05) is 17.7 Å². The number of halogens is 1. The minimum absolute atomic E-state index is 0.255. The fourth-order valence-corrected chi connectivity index (χ4v) is 3.93. The summed E-state index contributed by atoms with van der Waals surface area (Å²) < 4.78 is 21.8. The Morgan fingerprint density at radius 3 is 2.23 bits per heavy atom. The molecular weight excluding hydrogens is 420 g/mol. The van der Waals surface area contributed by atoms with Gasteiger partial charge in [-0.05, 0) is 35.9 Å². The van der Waals surface area contributed by atoms with E-state index >= 15 is 0 Å². The lowest BCUT2D eigenvalue weighted by Crippen LogP contribution is -2.49. The van der Waals surface area contributed by atoms with Crippen LogP contribution >= 0.6 is 11.6 Å². The average Bonchev–Trinajstić information content (AvgIpc) is 2.78. The Hall–Kier alpha value is -2.19. The zero-order valence-corrected chi connectivity index (χ0v) is 19.1. The van der Waals surface area contributed by atoms with Crippen LogP contribution in [0.2, 0.25) is 5.02 Å². The summed E-state index contributed by atoms with van der Waals surface area (Å²) >= 11 is 6.10. The van der Waals surface area contributed by atoms with E-state index in [0.717, 1.165) is 42.5 Å². The molecular formula is C23H31ClN2O5. The van der Waals surface area contributed by atoms with Crippen molar-refractivity contribution in [2.24, 2.45) is 0 Å². The number of hydrogen-bond acceptors (Lipinski definition) is 7. The third kappa shape index (κ3) is 6.40. The molecule has 0 radical (unpaired) electrons. The minimum atomic E-state index is -0.556. The highest BCUT2D eigenvalue weighted by molar-refractivity contribution is 6.30. The molecule has 0 aromatic heterocycles. The zero-order valence-electron chi connectivity index (χ0n) is 18.3. The van der Waals surface area contributed by atoms with E-state index in [1.54, 1.807) is 21.3 Å². The van der Waals surface area contributed by atoms with Crippen LogP contribution < -0.4 is 19.1 Å². The van der Waals surface area contributed by atoms with Gasteiger partial charge < -0.3 is 29.0 Å². The first-order valence-corrected chi connectivity index (χ1v) is 10.7. The molecule has 1 saturated heterocycles. The van der Waals surface area contributed by atoms with Gasteiger partial charge in [0.1, 0.15) is 0 Å². The Morgan fingerprint density at radius 1 is 0.968 bits per heavy atom. The Labute approximate surface area is 189 Å². The number of benzene rings is 2. The normalized spacial score (nSPS) is 15.6. The summed E-state index contributed by atoms with van der Waals surface area (Å²) in [6, 6.07) is 11.6. The number of anilines is 1. The first-order chi connectivity index (χ1) is 15.0. The van der Waals surface area contributed by atoms with E-state index in [1.807, 2.05) is 30.3 Å². The smallest absolute Gasteiger partial charge is 0.203 e. The van der Waals surface area contributed by atoms with Crippen molar-refractivity contribution in [2.75, 3.05) is 65.6 Å². The number of piperazine rings is 1. The van der Waals surface area contributed by atoms with Gasteiger partial charge in [0, 0.05) is 43.4 Å². The standard InChI is InChI=1S/C23H31ClN2O5/c1-28-21-11-17(12-22(29-2)23(21)30-3)15-31-16-20(27)14-25-7-9-26(10-8-25)19-6-4-5-18(24)13-19/h4-6,11-13,20,27H,7-10,14-16H2,1-3H3. The fraction of sp³-hybridized carbons (Fsp3) is 0.478. The predicted molar refractivity (Wildman–Crippen MR) is 122 cm³/mol. The summed E-state index contributed by atoms with van der Waals surface area (Å²) in [6.07, 6.45) is -0.556. The van der Waals surface area contributed by atoms with Crippen molar-refractivity contribution in [3.63, 3.8) is 0 Å². The zero-order chi connectivity index (χ0) is 22.2. The number of rotatable bonds is 10. The molecule has 0 bridgehead atoms. The maximum atomic E-state index is 10.4. The lowest BCUT2D eigenvalue weighted by molar-refractivity contribution is 0.00905. The van der Waals surface area contributed by atoms with E-state index in [1.165, 1.54) is 0 Å². The van der Waals surface area contributed by atoms with Crippen LogP contribution in [-0.4, -0.2) is 76.8 Å². The lowest BCUT2D eigenvalue weighted by Gasteiger charge is -2.36. The van der Waals surface area contributed by atoms with Crippen LogP contribution in [0.4, 0.5) is 5.69 Å². The maximum absolute atomic E-state index is 10.4. The summed E-state index contributed by atoms with van der Waals surface area (Å²) in [5.41, 5.74) is 2.03. The Balaban J connectivity index is 1.43. The van der Waals surface area contributed by atoms with Crippen molar-refractivity contribution in [3.8, 4) is 17.2 Å². The topological polar surface area (TPSA) is 63.6 Å². The molecule has 0 spiro atoms. The highest BCUT2D eigenvalue weighted by atomic mass is 35.5. The quantitative estimate of drug-likeness (QED) is 0.596. The number of hydrogen-bond donors (Lipinski definition) is 1. The van der Waals surface area contributed by atoms with Gasteiger partial charge in [0.2, 0.25) is 5.75 Å². The van der Waals surface area contributed by atoms with Crippen molar-refractivity contribution in [2.45, 2.75) is 12.7 Å². The number of β-amino-alcohol motifs (C(OH)–C–C–N with tert-alkyl or cyclic N) is 1. The Kier molecular flexibility index (Phi) is 8.66. The molecule has 2 aromatic rings. The second-order valence-electron chi connectivity index (χ2n) is 7.47. The molecule has 1 heterocycles. The molecule has 0 saturated carbocycles. The first kappa shape index (κ1) is 23.5. The number of aliphatic hydroxyl groups excluding tert-OH is 1. The fourth-order valence-electron chi connectivity index (χ4n) is 3.74. The summed E-state index contributed by atoms with van der Waals surface area (Å²) in [5.74, 6) is 1.71. The monoisotopic (exact) mass is 450 g/mol. The van der Waals surface area contributed by atoms with E-state index in [-0.39, 0.29) is 6.61 Å². The molecule has 31 heavy (non-hydrogen) atoms. The van der Waals surface area contributed by atoms with Crippen LogP contribution in [0.3, 0.4) is 0 Å². The summed E-state index contributed by atoms with van der Waals surface area (Å²) in [6.45, 7) is 4.76. The number of ether oxygens (including phenoxy) is 4. The van der Waals surface area contributed by atoms with E-state index in [9.17, 15) is 5.11 Å². The third-order valence-corrected chi connectivity index (χ3v) is 5.55. The summed E-state index contributed by atoms with van der Waals surface area (Å²) in [4.78, 5) is 4.57. The molecule has 1 N–H and O–H groups in total. The molecule has 2 aromatic carbocycles. The van der Waals surface area contributed by atoms with E-state index in [4.69, 9.17) is 30.5 Å². The van der Waals surface area contributed by atoms with Crippen LogP contribution in [0.1, 0.15) is 5.56 Å². The van der Waals surface area contributed by atoms with Gasteiger partial charge in [-0.3, -0.25) is 4.90 Å². The average molecular weight is 451 g/mol. The summed E-state index contributed by atoms with van der Waals surface area (Å²) in [5, 5.41) is 11.2. The second-order valence-corrected chi connectivity index (χ2v) is 7.91. The van der Waals surface area contributed by atoms with Gasteiger partial charge in [-0.25, -0.2) is 0 Å². The lowest BCUT2D eigenvalue weighted by atomic mass is 10.2. The molecule has 1 unspecified atom stereocenters. The van der Waals surface area contributed by atoms with Crippen LogP contribution in [0.5, 0.6) is 17.2 Å². The molecule has 1 atom stereocenters. The van der Waals surface area contributed by atoms with E-state index in [0.29, 0.717) is 30.4 Å². The SMILES string of the molecule is COc1cc(COCC(O)CN2CCN(c3cccc(Cl)c3)CC2)cc(OC)c1OC. The molecule has 170 valence electrons. The Bertz CT molecular complexity index is 817. The van der Waals surface area contributed by atoms with Crippen LogP contribution in [0, 0.1) is 0 Å². The van der Waals surface area contributed by atoms with Gasteiger partial charge in [0.15, 0.2) is 11.5 Å². The van der Waals surface area contributed by atoms with Crippen molar-refractivity contribution in [1.82, 2.24) is 4.90 Å². The molecule has 7 nitrogen and oxygen atoms in total. The first-order valence-electron chi connectivity index (χ1n) is 10.3. The largest absolute Gasteiger partial charge is 0.493 e. The molecule has 0 amide bonds. The maximum Gasteiger partial charge on any atom is 0.203 e. The van der Waals surface area contributed by atoms with Crippen molar-refractivity contribution in [3.05, 3.63) is 47.0 Å². The van der Waals surface area contributed by atoms with Gasteiger partial charge in [-0.2, -0.15) is 0 Å². The molecule has 1 aliphatic heterocycles.